The number of nitrogens with one attached hydrogen (secondary N) is 1. The predicted molar refractivity (Wildman–Crippen MR) is 99.0 cm³/mol. The van der Waals surface area contributed by atoms with E-state index in [1.807, 2.05) is 23.1 Å². The predicted octanol–water partition coefficient (Wildman–Crippen LogP) is 2.38. The first kappa shape index (κ1) is 16.9. The minimum Gasteiger partial charge on any atom is -0.408 e. The molecule has 4 rings (SSSR count). The number of carbonyl (C=O) groups excluding carboxylic acids is 1. The van der Waals surface area contributed by atoms with Gasteiger partial charge in [-0.05, 0) is 35.7 Å². The molecule has 134 valence electrons. The van der Waals surface area contributed by atoms with E-state index >= 15 is 0 Å². The second-order valence-corrected chi connectivity index (χ2v) is 6.84. The molecule has 6 nitrogen and oxygen atoms in total. The minimum absolute atomic E-state index is 0.0709. The molecular formula is C19H18ClN3O3. The van der Waals surface area contributed by atoms with Gasteiger partial charge in [0.05, 0.1) is 18.2 Å². The molecule has 0 aliphatic carbocycles. The summed E-state index contributed by atoms with van der Waals surface area (Å²) in [5.74, 6) is -0.532. The van der Waals surface area contributed by atoms with Crippen molar-refractivity contribution in [2.45, 2.75) is 25.7 Å². The summed E-state index contributed by atoms with van der Waals surface area (Å²) in [7, 11) is 1.63. The second-order valence-electron chi connectivity index (χ2n) is 6.40. The Morgan fingerprint density at radius 2 is 2.04 bits per heavy atom. The van der Waals surface area contributed by atoms with Crippen LogP contribution in [0.1, 0.15) is 11.1 Å². The second kappa shape index (κ2) is 6.63. The van der Waals surface area contributed by atoms with Gasteiger partial charge in [0.2, 0.25) is 5.91 Å². The van der Waals surface area contributed by atoms with Gasteiger partial charge in [-0.15, -0.1) is 0 Å². The summed E-state index contributed by atoms with van der Waals surface area (Å²) >= 11 is 6.08. The Bertz CT molecular complexity index is 1040. The summed E-state index contributed by atoms with van der Waals surface area (Å²) in [4.78, 5) is 26.8. The molecule has 0 bridgehead atoms. The number of nitrogens with zero attached hydrogens (tertiary/aromatic N) is 2. The Hall–Kier alpha value is -2.57. The van der Waals surface area contributed by atoms with Gasteiger partial charge in [-0.1, -0.05) is 35.9 Å². The molecule has 0 radical (unpaired) electrons. The summed E-state index contributed by atoms with van der Waals surface area (Å²) in [5.41, 5.74) is 3.42. The van der Waals surface area contributed by atoms with Crippen LogP contribution in [-0.4, -0.2) is 28.5 Å². The first-order valence-electron chi connectivity index (χ1n) is 8.38. The maximum Gasteiger partial charge on any atom is 0.421 e. The lowest BCUT2D eigenvalue weighted by atomic mass is 9.94. The number of amides is 1. The van der Waals surface area contributed by atoms with Crippen LogP contribution in [0.5, 0.6) is 0 Å². The first-order chi connectivity index (χ1) is 12.6. The highest BCUT2D eigenvalue weighted by Gasteiger charge is 2.31. The van der Waals surface area contributed by atoms with E-state index in [0.717, 1.165) is 11.1 Å². The molecule has 1 atom stereocenters. The lowest BCUT2D eigenvalue weighted by molar-refractivity contribution is -0.127. The molecule has 1 aromatic heterocycles. The van der Waals surface area contributed by atoms with Crippen molar-refractivity contribution in [1.29, 1.82) is 0 Å². The van der Waals surface area contributed by atoms with Crippen LogP contribution in [-0.2, 0) is 24.4 Å². The van der Waals surface area contributed by atoms with Crippen molar-refractivity contribution in [3.05, 3.63) is 69.2 Å². The number of rotatable bonds is 3. The van der Waals surface area contributed by atoms with Crippen molar-refractivity contribution in [3.63, 3.8) is 0 Å². The van der Waals surface area contributed by atoms with Crippen molar-refractivity contribution >= 4 is 28.6 Å². The lowest BCUT2D eigenvalue weighted by Gasteiger charge is -2.35. The molecule has 1 amide bonds. The topological polar surface area (TPSA) is 67.5 Å². The molecule has 0 unspecified atom stereocenters. The van der Waals surface area contributed by atoms with Crippen LogP contribution in [0.15, 0.2) is 51.7 Å². The van der Waals surface area contributed by atoms with Crippen LogP contribution < -0.4 is 11.1 Å². The number of oxazole rings is 1. The number of hydrogen-bond donors (Lipinski definition) is 1. The van der Waals surface area contributed by atoms with Crippen molar-refractivity contribution in [1.82, 2.24) is 14.8 Å². The molecule has 3 aromatic rings. The van der Waals surface area contributed by atoms with Gasteiger partial charge >= 0.3 is 5.76 Å². The van der Waals surface area contributed by atoms with Crippen molar-refractivity contribution in [2.75, 3.05) is 7.05 Å². The fourth-order valence-electron chi connectivity index (χ4n) is 3.50. The van der Waals surface area contributed by atoms with Crippen LogP contribution in [0.25, 0.3) is 11.1 Å². The van der Waals surface area contributed by atoms with Crippen molar-refractivity contribution in [2.24, 2.45) is 0 Å². The number of hydrogen-bond acceptors (Lipinski definition) is 4. The summed E-state index contributed by atoms with van der Waals surface area (Å²) < 4.78 is 6.83. The molecular weight excluding hydrogens is 354 g/mol. The molecule has 26 heavy (non-hydrogen) atoms. The van der Waals surface area contributed by atoms with E-state index in [-0.39, 0.29) is 18.6 Å². The van der Waals surface area contributed by atoms with E-state index in [1.54, 1.807) is 25.2 Å². The number of carbonyl (C=O) groups is 1. The zero-order valence-corrected chi connectivity index (χ0v) is 15.0. The van der Waals surface area contributed by atoms with E-state index in [4.69, 9.17) is 16.0 Å². The fraction of sp³-hybridized carbons (Fsp3) is 0.263. The largest absolute Gasteiger partial charge is 0.421 e. The van der Waals surface area contributed by atoms with Crippen LogP contribution >= 0.6 is 11.6 Å². The fourth-order valence-corrected chi connectivity index (χ4v) is 3.67. The highest BCUT2D eigenvalue weighted by molar-refractivity contribution is 6.31. The minimum atomic E-state index is -0.461. The number of fused-ring (bicyclic) bond motifs is 2. The quantitative estimate of drug-likeness (QED) is 0.767. The van der Waals surface area contributed by atoms with Gasteiger partial charge in [-0.3, -0.25) is 14.3 Å². The molecule has 0 spiro atoms. The third-order valence-corrected chi connectivity index (χ3v) is 5.08. The third-order valence-electron chi connectivity index (χ3n) is 4.85. The Morgan fingerprint density at radius 1 is 1.27 bits per heavy atom. The molecule has 7 heteroatoms. The first-order valence-corrected chi connectivity index (χ1v) is 8.76. The van der Waals surface area contributed by atoms with E-state index in [2.05, 4.69) is 11.4 Å². The maximum absolute atomic E-state index is 12.4. The van der Waals surface area contributed by atoms with Gasteiger partial charge in [-0.2, -0.15) is 0 Å². The number of likely N-dealkylation sites (N-methyl/N-ethyl adjacent to an activating group) is 1. The Balaban J connectivity index is 1.74. The van der Waals surface area contributed by atoms with E-state index in [1.165, 1.54) is 4.57 Å². The average molecular weight is 372 g/mol. The smallest absolute Gasteiger partial charge is 0.408 e. The number of halogens is 1. The highest BCUT2D eigenvalue weighted by atomic mass is 35.5. The summed E-state index contributed by atoms with van der Waals surface area (Å²) in [5, 5.41) is 3.25. The van der Waals surface area contributed by atoms with Crippen molar-refractivity contribution in [3.8, 4) is 0 Å². The monoisotopic (exact) mass is 371 g/mol. The Kier molecular flexibility index (Phi) is 4.30. The van der Waals surface area contributed by atoms with Crippen LogP contribution in [0.3, 0.4) is 0 Å². The molecule has 2 heterocycles. The van der Waals surface area contributed by atoms with Gasteiger partial charge in [0, 0.05) is 18.6 Å². The third kappa shape index (κ3) is 2.91. The molecule has 1 N–H and O–H groups in total. The number of benzene rings is 2. The molecule has 0 fully saturated rings. The molecule has 1 aliphatic heterocycles. The maximum atomic E-state index is 12.4. The van der Waals surface area contributed by atoms with Gasteiger partial charge in [-0.25, -0.2) is 4.79 Å². The molecule has 0 saturated heterocycles. The Labute approximate surface area is 155 Å². The van der Waals surface area contributed by atoms with E-state index < -0.39 is 5.76 Å². The van der Waals surface area contributed by atoms with E-state index in [9.17, 15) is 9.59 Å². The molecule has 0 saturated carbocycles. The number of aromatic nitrogens is 1. The lowest BCUT2D eigenvalue weighted by Crippen LogP contribution is -2.50. The van der Waals surface area contributed by atoms with Gasteiger partial charge < -0.3 is 9.73 Å². The molecule has 2 aromatic carbocycles. The van der Waals surface area contributed by atoms with E-state index in [0.29, 0.717) is 29.1 Å². The van der Waals surface area contributed by atoms with Gasteiger partial charge in [0.25, 0.3) is 0 Å². The van der Waals surface area contributed by atoms with Crippen LogP contribution in [0, 0.1) is 0 Å². The standard InChI is InChI=1S/C19H18ClN3O3/c1-21-18(24)16-8-12-4-2-3-5-13(12)10-22(16)11-23-15-9-14(20)6-7-17(15)26-19(23)25/h2-7,9,16H,8,10-11H2,1H3,(H,21,24)/t16-/m1/s1. The zero-order valence-electron chi connectivity index (χ0n) is 14.2. The van der Waals surface area contributed by atoms with Crippen LogP contribution in [0.2, 0.25) is 5.02 Å². The van der Waals surface area contributed by atoms with Gasteiger partial charge in [0.15, 0.2) is 5.58 Å². The summed E-state index contributed by atoms with van der Waals surface area (Å²) in [6.07, 6.45) is 0.598. The normalized spacial score (nSPS) is 17.2. The van der Waals surface area contributed by atoms with Crippen molar-refractivity contribution < 1.29 is 9.21 Å². The summed E-state index contributed by atoms with van der Waals surface area (Å²) in [6.45, 7) is 0.826. The zero-order chi connectivity index (χ0) is 18.3. The van der Waals surface area contributed by atoms with Gasteiger partial charge in [0.1, 0.15) is 0 Å². The highest BCUT2D eigenvalue weighted by Crippen LogP contribution is 2.25. The summed E-state index contributed by atoms with van der Waals surface area (Å²) in [6, 6.07) is 12.8. The average Bonchev–Trinajstić information content (AvgIpc) is 2.95. The Morgan fingerprint density at radius 3 is 2.81 bits per heavy atom. The molecule has 1 aliphatic rings. The van der Waals surface area contributed by atoms with Crippen LogP contribution in [0.4, 0.5) is 0 Å². The SMILES string of the molecule is CNC(=O)[C@H]1Cc2ccccc2CN1Cn1c(=O)oc2ccc(Cl)cc21.